The molecule has 1 aliphatic heterocycles. The van der Waals surface area contributed by atoms with Crippen molar-refractivity contribution in [1.82, 2.24) is 5.06 Å². The van der Waals surface area contributed by atoms with Crippen LogP contribution < -0.4 is 5.32 Å². The van der Waals surface area contributed by atoms with Gasteiger partial charge in [-0.1, -0.05) is 35.9 Å². The van der Waals surface area contributed by atoms with Gasteiger partial charge in [-0.3, -0.25) is 4.79 Å². The minimum atomic E-state index is -0.902. The molecule has 5 nitrogen and oxygen atoms in total. The van der Waals surface area contributed by atoms with Crippen LogP contribution in [-0.2, 0) is 0 Å². The number of nitrogens with zero attached hydrogens (tertiary/aromatic N) is 1. The van der Waals surface area contributed by atoms with Crippen molar-refractivity contribution in [3.63, 3.8) is 0 Å². The first-order valence-corrected chi connectivity index (χ1v) is 7.73. The third-order valence-electron chi connectivity index (χ3n) is 3.89. The number of fused-ring (bicyclic) bond motifs is 1. The standard InChI is InChI=1S/C18H12ClN2O3/c19-12-5-3-4-11(10-12)15-8-9-16(24-15)17-20-14-7-2-1-6-13(14)18(22)21(17)23/h1-10,17,20H/q-1. The second-order valence-corrected chi connectivity index (χ2v) is 5.87. The highest BCUT2D eigenvalue weighted by atomic mass is 35.5. The van der Waals surface area contributed by atoms with E-state index in [1.807, 2.05) is 12.1 Å². The van der Waals surface area contributed by atoms with Crippen LogP contribution in [0.25, 0.3) is 11.3 Å². The summed E-state index contributed by atoms with van der Waals surface area (Å²) in [5, 5.41) is 16.3. The molecule has 0 spiro atoms. The van der Waals surface area contributed by atoms with Crippen molar-refractivity contribution < 1.29 is 9.21 Å². The number of benzene rings is 2. The first kappa shape index (κ1) is 14.8. The third-order valence-corrected chi connectivity index (χ3v) is 4.12. The van der Waals surface area contributed by atoms with E-state index in [0.29, 0.717) is 32.9 Å². The van der Waals surface area contributed by atoms with E-state index in [2.05, 4.69) is 5.32 Å². The summed E-state index contributed by atoms with van der Waals surface area (Å²) < 4.78 is 5.78. The molecule has 0 saturated carbocycles. The van der Waals surface area contributed by atoms with Gasteiger partial charge < -0.3 is 20.0 Å². The zero-order valence-corrected chi connectivity index (χ0v) is 13.2. The maximum absolute atomic E-state index is 12.3. The summed E-state index contributed by atoms with van der Waals surface area (Å²) in [7, 11) is 0. The molecular weight excluding hydrogens is 328 g/mol. The average molecular weight is 340 g/mol. The van der Waals surface area contributed by atoms with Crippen molar-refractivity contribution in [2.24, 2.45) is 0 Å². The number of rotatable bonds is 2. The van der Waals surface area contributed by atoms with Crippen LogP contribution in [0.4, 0.5) is 5.69 Å². The molecule has 0 aliphatic carbocycles. The average Bonchev–Trinajstić information content (AvgIpc) is 3.08. The number of nitrogens with one attached hydrogen (secondary N) is 1. The molecule has 2 aromatic carbocycles. The zero-order valence-electron chi connectivity index (χ0n) is 12.4. The topological polar surface area (TPSA) is 68.5 Å². The molecule has 1 amide bonds. The Morgan fingerprint density at radius 1 is 1.08 bits per heavy atom. The van der Waals surface area contributed by atoms with E-state index in [1.54, 1.807) is 48.5 Å². The lowest BCUT2D eigenvalue weighted by Crippen LogP contribution is -2.38. The number of carbonyl (C=O) groups is 1. The van der Waals surface area contributed by atoms with Gasteiger partial charge in [0.2, 0.25) is 5.91 Å². The van der Waals surface area contributed by atoms with E-state index in [1.165, 1.54) is 0 Å². The number of anilines is 1. The number of para-hydroxylation sites is 1. The van der Waals surface area contributed by atoms with Crippen molar-refractivity contribution in [2.75, 3.05) is 5.32 Å². The highest BCUT2D eigenvalue weighted by molar-refractivity contribution is 6.30. The van der Waals surface area contributed by atoms with Gasteiger partial charge in [-0.15, -0.1) is 0 Å². The molecule has 1 aliphatic rings. The monoisotopic (exact) mass is 339 g/mol. The number of carbonyl (C=O) groups excluding carboxylic acids is 1. The largest absolute Gasteiger partial charge is 0.754 e. The first-order valence-electron chi connectivity index (χ1n) is 7.35. The smallest absolute Gasteiger partial charge is 0.247 e. The first-order chi connectivity index (χ1) is 11.6. The van der Waals surface area contributed by atoms with Gasteiger partial charge in [-0.25, -0.2) is 0 Å². The molecule has 0 radical (unpaired) electrons. The van der Waals surface area contributed by atoms with Gasteiger partial charge in [0.1, 0.15) is 11.5 Å². The molecule has 3 aromatic rings. The van der Waals surface area contributed by atoms with Crippen LogP contribution in [0.3, 0.4) is 0 Å². The van der Waals surface area contributed by atoms with Crippen LogP contribution >= 0.6 is 11.6 Å². The Morgan fingerprint density at radius 3 is 2.75 bits per heavy atom. The van der Waals surface area contributed by atoms with Crippen LogP contribution in [0.15, 0.2) is 65.1 Å². The normalized spacial score (nSPS) is 16.7. The summed E-state index contributed by atoms with van der Waals surface area (Å²) in [4.78, 5) is 12.2. The molecule has 1 unspecified atom stereocenters. The highest BCUT2D eigenvalue weighted by Crippen LogP contribution is 2.35. The number of hydroxylamine groups is 2. The van der Waals surface area contributed by atoms with Crippen molar-refractivity contribution in [1.29, 1.82) is 0 Å². The number of halogens is 1. The van der Waals surface area contributed by atoms with Gasteiger partial charge >= 0.3 is 0 Å². The second kappa shape index (κ2) is 5.70. The van der Waals surface area contributed by atoms with E-state index in [9.17, 15) is 10.0 Å². The maximum Gasteiger partial charge on any atom is 0.247 e. The highest BCUT2D eigenvalue weighted by Gasteiger charge is 2.29. The summed E-state index contributed by atoms with van der Waals surface area (Å²) in [5.41, 5.74) is 1.76. The summed E-state index contributed by atoms with van der Waals surface area (Å²) in [6.45, 7) is 0. The Bertz CT molecular complexity index is 922. The van der Waals surface area contributed by atoms with Crippen LogP contribution in [0.5, 0.6) is 0 Å². The van der Waals surface area contributed by atoms with Crippen molar-refractivity contribution in [3.05, 3.63) is 82.2 Å². The molecule has 2 heterocycles. The predicted molar refractivity (Wildman–Crippen MR) is 91.5 cm³/mol. The number of furan rings is 1. The van der Waals surface area contributed by atoms with Gasteiger partial charge in [0.05, 0.1) is 5.56 Å². The Balaban J connectivity index is 1.69. The van der Waals surface area contributed by atoms with Gasteiger partial charge in [-0.05, 0) is 36.4 Å². The molecule has 0 saturated heterocycles. The van der Waals surface area contributed by atoms with E-state index < -0.39 is 12.1 Å². The molecular formula is C18H12ClN2O3-. The Kier molecular flexibility index (Phi) is 3.52. The fraction of sp³-hybridized carbons (Fsp3) is 0.0556. The van der Waals surface area contributed by atoms with Crippen molar-refractivity contribution in [3.8, 4) is 11.3 Å². The van der Waals surface area contributed by atoms with E-state index in [4.69, 9.17) is 16.0 Å². The van der Waals surface area contributed by atoms with E-state index in [0.717, 1.165) is 5.56 Å². The zero-order chi connectivity index (χ0) is 16.7. The summed E-state index contributed by atoms with van der Waals surface area (Å²) in [6.07, 6.45) is -0.902. The van der Waals surface area contributed by atoms with Crippen LogP contribution in [0.1, 0.15) is 22.3 Å². The summed E-state index contributed by atoms with van der Waals surface area (Å²) >= 11 is 5.99. The van der Waals surface area contributed by atoms with E-state index >= 15 is 0 Å². The third kappa shape index (κ3) is 2.44. The van der Waals surface area contributed by atoms with Crippen LogP contribution in [-0.4, -0.2) is 11.0 Å². The minimum Gasteiger partial charge on any atom is -0.754 e. The lowest BCUT2D eigenvalue weighted by molar-refractivity contribution is 0.0757. The molecule has 4 rings (SSSR count). The molecule has 24 heavy (non-hydrogen) atoms. The Hall–Kier alpha value is -2.76. The lowest BCUT2D eigenvalue weighted by atomic mass is 10.1. The maximum atomic E-state index is 12.3. The quantitative estimate of drug-likeness (QED) is 0.737. The second-order valence-electron chi connectivity index (χ2n) is 5.44. The Morgan fingerprint density at radius 2 is 1.92 bits per heavy atom. The van der Waals surface area contributed by atoms with E-state index in [-0.39, 0.29) is 0 Å². The molecule has 0 bridgehead atoms. The van der Waals surface area contributed by atoms with Crippen molar-refractivity contribution in [2.45, 2.75) is 6.17 Å². The van der Waals surface area contributed by atoms with Crippen molar-refractivity contribution >= 4 is 23.2 Å². The summed E-state index contributed by atoms with van der Waals surface area (Å²) in [6, 6.07) is 17.5. The number of hydrogen-bond acceptors (Lipinski definition) is 4. The molecule has 1 atom stereocenters. The van der Waals surface area contributed by atoms with Gasteiger partial charge in [0.25, 0.3) is 0 Å². The fourth-order valence-corrected chi connectivity index (χ4v) is 2.91. The minimum absolute atomic E-state index is 0.352. The van der Waals surface area contributed by atoms with Crippen LogP contribution in [0.2, 0.25) is 5.02 Å². The summed E-state index contributed by atoms with van der Waals surface area (Å²) in [5.74, 6) is 0.354. The molecule has 120 valence electrons. The molecule has 6 heteroatoms. The lowest BCUT2D eigenvalue weighted by Gasteiger charge is -2.41. The van der Waals surface area contributed by atoms with Gasteiger partial charge in [0, 0.05) is 16.3 Å². The van der Waals surface area contributed by atoms with Gasteiger partial charge in [-0.2, -0.15) is 0 Å². The molecule has 1 aromatic heterocycles. The van der Waals surface area contributed by atoms with Gasteiger partial charge in [0.15, 0.2) is 6.17 Å². The number of amides is 1. The number of hydrogen-bond donors (Lipinski definition) is 1. The fourth-order valence-electron chi connectivity index (χ4n) is 2.72. The SMILES string of the molecule is O=C1c2ccccc2NC(c2ccc(-c3cccc(Cl)c3)o2)N1[O-]. The van der Waals surface area contributed by atoms with Crippen LogP contribution in [0, 0.1) is 5.21 Å². The Labute approximate surface area is 143 Å². The molecule has 0 fully saturated rings. The predicted octanol–water partition coefficient (Wildman–Crippen LogP) is 4.66. The molecule has 1 N–H and O–H groups in total.